The number of carbonyl (C=O) groups excluding carboxylic acids is 1. The van der Waals surface area contributed by atoms with Crippen LogP contribution in [-0.4, -0.2) is 22.3 Å². The molecule has 0 amide bonds. The van der Waals surface area contributed by atoms with Gasteiger partial charge in [-0.1, -0.05) is 44.9 Å². The topological polar surface area (TPSA) is 44.1 Å². The van der Waals surface area contributed by atoms with Crippen LogP contribution in [0.15, 0.2) is 30.6 Å². The summed E-state index contributed by atoms with van der Waals surface area (Å²) in [4.78, 5) is 17.2. The molecule has 1 atom stereocenters. The van der Waals surface area contributed by atoms with Gasteiger partial charge in [0.05, 0.1) is 6.61 Å². The Bertz CT molecular complexity index is 774. The van der Waals surface area contributed by atoms with Gasteiger partial charge >= 0.3 is 6.09 Å². The minimum absolute atomic E-state index is 0.0331. The maximum absolute atomic E-state index is 12.7. The molecule has 0 aliphatic heterocycles. The third-order valence-electron chi connectivity index (χ3n) is 6.06. The lowest BCUT2D eigenvalue weighted by atomic mass is 9.67. The van der Waals surface area contributed by atoms with Crippen LogP contribution in [0.2, 0.25) is 0 Å². The van der Waals surface area contributed by atoms with Crippen molar-refractivity contribution in [3.05, 3.63) is 53.1 Å². The maximum atomic E-state index is 12.7. The van der Waals surface area contributed by atoms with Gasteiger partial charge in [0.15, 0.2) is 0 Å². The summed E-state index contributed by atoms with van der Waals surface area (Å²) in [6.07, 6.45) is 8.95. The molecule has 4 nitrogen and oxygen atoms in total. The summed E-state index contributed by atoms with van der Waals surface area (Å²) in [6.45, 7) is 9.05. The fraction of sp³-hybridized carbons (Fsp3) is 0.545. The first kappa shape index (κ1) is 18.7. The van der Waals surface area contributed by atoms with Crippen molar-refractivity contribution in [1.82, 2.24) is 9.55 Å². The van der Waals surface area contributed by atoms with E-state index in [0.717, 1.165) is 18.7 Å². The molecule has 1 heterocycles. The Balaban J connectivity index is 1.75. The van der Waals surface area contributed by atoms with Gasteiger partial charge in [0.2, 0.25) is 0 Å². The van der Waals surface area contributed by atoms with Gasteiger partial charge in [-0.2, -0.15) is 0 Å². The number of ether oxygens (including phenoxy) is 1. The lowest BCUT2D eigenvalue weighted by molar-refractivity contribution is 0.0200. The lowest BCUT2D eigenvalue weighted by Gasteiger charge is -2.41. The smallest absolute Gasteiger partial charge is 0.419 e. The predicted octanol–water partition coefficient (Wildman–Crippen LogP) is 5.61. The van der Waals surface area contributed by atoms with E-state index < -0.39 is 0 Å². The SMILES string of the molecule is CCCC1(COC(=O)n2ccnc2[C@@H](C)c2cccc(C)c2C)CCC1. The van der Waals surface area contributed by atoms with Crippen LogP contribution in [0.3, 0.4) is 0 Å². The van der Waals surface area contributed by atoms with Crippen molar-refractivity contribution in [3.63, 3.8) is 0 Å². The van der Waals surface area contributed by atoms with E-state index in [1.54, 1.807) is 17.0 Å². The highest BCUT2D eigenvalue weighted by Crippen LogP contribution is 2.45. The number of rotatable bonds is 6. The van der Waals surface area contributed by atoms with Crippen molar-refractivity contribution in [3.8, 4) is 0 Å². The molecule has 1 aromatic heterocycles. The highest BCUT2D eigenvalue weighted by molar-refractivity contribution is 5.71. The molecule has 1 aliphatic rings. The molecule has 1 aromatic carbocycles. The molecule has 4 heteroatoms. The lowest BCUT2D eigenvalue weighted by Crippen LogP contribution is -2.36. The van der Waals surface area contributed by atoms with E-state index in [-0.39, 0.29) is 17.4 Å². The highest BCUT2D eigenvalue weighted by atomic mass is 16.5. The largest absolute Gasteiger partial charge is 0.448 e. The normalized spacial score (nSPS) is 16.8. The van der Waals surface area contributed by atoms with Crippen molar-refractivity contribution in [2.75, 3.05) is 6.61 Å². The molecule has 1 fully saturated rings. The summed E-state index contributed by atoms with van der Waals surface area (Å²) in [5, 5.41) is 0. The minimum Gasteiger partial charge on any atom is -0.448 e. The molecule has 0 spiro atoms. The number of benzene rings is 1. The Hall–Kier alpha value is -2.10. The van der Waals surface area contributed by atoms with Gasteiger partial charge in [-0.05, 0) is 49.8 Å². The van der Waals surface area contributed by atoms with Crippen LogP contribution in [0.1, 0.15) is 74.4 Å². The molecule has 0 unspecified atom stereocenters. The fourth-order valence-electron chi connectivity index (χ4n) is 4.13. The first-order valence-corrected chi connectivity index (χ1v) is 9.74. The molecule has 1 saturated carbocycles. The van der Waals surface area contributed by atoms with Crippen molar-refractivity contribution < 1.29 is 9.53 Å². The van der Waals surface area contributed by atoms with Crippen LogP contribution < -0.4 is 0 Å². The van der Waals surface area contributed by atoms with E-state index in [9.17, 15) is 4.79 Å². The zero-order valence-electron chi connectivity index (χ0n) is 16.4. The Morgan fingerprint density at radius 2 is 2.12 bits per heavy atom. The first-order chi connectivity index (χ1) is 12.5. The monoisotopic (exact) mass is 354 g/mol. The van der Waals surface area contributed by atoms with Crippen molar-refractivity contribution in [2.45, 2.75) is 65.7 Å². The maximum Gasteiger partial charge on any atom is 0.419 e. The number of hydrogen-bond donors (Lipinski definition) is 0. The zero-order valence-corrected chi connectivity index (χ0v) is 16.4. The molecular weight excluding hydrogens is 324 g/mol. The molecule has 26 heavy (non-hydrogen) atoms. The predicted molar refractivity (Wildman–Crippen MR) is 104 cm³/mol. The number of imidazole rings is 1. The van der Waals surface area contributed by atoms with Gasteiger partial charge < -0.3 is 4.74 Å². The average molecular weight is 354 g/mol. The number of aryl methyl sites for hydroxylation is 1. The molecule has 2 aromatic rings. The van der Waals surface area contributed by atoms with Gasteiger partial charge in [0.1, 0.15) is 5.82 Å². The Morgan fingerprint density at radius 3 is 2.77 bits per heavy atom. The second kappa shape index (κ2) is 7.65. The van der Waals surface area contributed by atoms with Gasteiger partial charge in [-0.15, -0.1) is 0 Å². The fourth-order valence-corrected chi connectivity index (χ4v) is 4.13. The number of hydrogen-bond acceptors (Lipinski definition) is 3. The van der Waals surface area contributed by atoms with Crippen LogP contribution in [-0.2, 0) is 4.74 Å². The number of aromatic nitrogens is 2. The van der Waals surface area contributed by atoms with Crippen LogP contribution in [0.5, 0.6) is 0 Å². The minimum atomic E-state index is -0.308. The van der Waals surface area contributed by atoms with Gasteiger partial charge in [-0.25, -0.2) is 14.3 Å². The third-order valence-corrected chi connectivity index (χ3v) is 6.06. The number of nitrogens with zero attached hydrogens (tertiary/aromatic N) is 2. The molecule has 0 radical (unpaired) electrons. The molecule has 0 bridgehead atoms. The van der Waals surface area contributed by atoms with Crippen molar-refractivity contribution >= 4 is 6.09 Å². The van der Waals surface area contributed by atoms with Gasteiger partial charge in [0, 0.05) is 23.7 Å². The van der Waals surface area contributed by atoms with E-state index in [1.165, 1.54) is 36.0 Å². The molecule has 0 saturated heterocycles. The van der Waals surface area contributed by atoms with Crippen LogP contribution in [0, 0.1) is 19.3 Å². The zero-order chi connectivity index (χ0) is 18.7. The quantitative estimate of drug-likeness (QED) is 0.677. The van der Waals surface area contributed by atoms with Crippen molar-refractivity contribution in [2.24, 2.45) is 5.41 Å². The molecule has 140 valence electrons. The average Bonchev–Trinajstić information content (AvgIpc) is 3.08. The van der Waals surface area contributed by atoms with Crippen molar-refractivity contribution in [1.29, 1.82) is 0 Å². The second-order valence-corrected chi connectivity index (χ2v) is 7.82. The summed E-state index contributed by atoms with van der Waals surface area (Å²) >= 11 is 0. The van der Waals surface area contributed by atoms with E-state index in [4.69, 9.17) is 4.74 Å². The second-order valence-electron chi connectivity index (χ2n) is 7.82. The molecular formula is C22H30N2O2. The highest BCUT2D eigenvalue weighted by Gasteiger charge is 2.37. The molecule has 0 N–H and O–H groups in total. The van der Waals surface area contributed by atoms with Gasteiger partial charge in [-0.3, -0.25) is 0 Å². The van der Waals surface area contributed by atoms with Crippen LogP contribution in [0.25, 0.3) is 0 Å². The Morgan fingerprint density at radius 1 is 1.35 bits per heavy atom. The standard InChI is InChI=1S/C22H30N2O2/c1-5-10-22(11-7-12-22)15-26-21(25)24-14-13-23-20(24)18(4)19-9-6-8-16(2)17(19)3/h6,8-9,13-14,18H,5,7,10-12,15H2,1-4H3/t18-/m0/s1. The number of carbonyl (C=O) groups is 1. The Labute approximate surface area is 156 Å². The summed E-state index contributed by atoms with van der Waals surface area (Å²) in [6, 6.07) is 6.28. The molecule has 3 rings (SSSR count). The van der Waals surface area contributed by atoms with E-state index in [2.05, 4.69) is 50.9 Å². The van der Waals surface area contributed by atoms with Crippen LogP contribution >= 0.6 is 0 Å². The summed E-state index contributed by atoms with van der Waals surface area (Å²) in [5.74, 6) is 0.771. The summed E-state index contributed by atoms with van der Waals surface area (Å²) in [7, 11) is 0. The first-order valence-electron chi connectivity index (χ1n) is 9.74. The Kier molecular flexibility index (Phi) is 5.49. The van der Waals surface area contributed by atoms with Crippen LogP contribution in [0.4, 0.5) is 4.79 Å². The third kappa shape index (κ3) is 3.55. The summed E-state index contributed by atoms with van der Waals surface area (Å²) in [5.41, 5.74) is 3.91. The summed E-state index contributed by atoms with van der Waals surface area (Å²) < 4.78 is 7.29. The van der Waals surface area contributed by atoms with E-state index in [1.807, 2.05) is 0 Å². The van der Waals surface area contributed by atoms with Gasteiger partial charge in [0.25, 0.3) is 0 Å². The van der Waals surface area contributed by atoms with E-state index >= 15 is 0 Å². The molecule has 1 aliphatic carbocycles. The van der Waals surface area contributed by atoms with E-state index in [0.29, 0.717) is 6.61 Å².